The lowest BCUT2D eigenvalue weighted by atomic mass is 10.4. The predicted molar refractivity (Wildman–Crippen MR) is 71.1 cm³/mol. The summed E-state index contributed by atoms with van der Waals surface area (Å²) in [5, 5.41) is 12.2. The zero-order valence-corrected chi connectivity index (χ0v) is 10.8. The van der Waals surface area contributed by atoms with Gasteiger partial charge >= 0.3 is 0 Å². The molecule has 2 heterocycles. The fraction of sp³-hybridized carbons (Fsp3) is 0.250. The van der Waals surface area contributed by atoms with Crippen molar-refractivity contribution in [1.29, 1.82) is 0 Å². The topological polar surface area (TPSA) is 38.1 Å². The van der Waals surface area contributed by atoms with Crippen molar-refractivity contribution in [3.8, 4) is 12.3 Å². The molecule has 0 saturated heterocycles. The van der Waals surface area contributed by atoms with Crippen LogP contribution in [-0.2, 0) is 13.2 Å². The van der Waals surface area contributed by atoms with Crippen LogP contribution in [0, 0.1) is 12.3 Å². The summed E-state index contributed by atoms with van der Waals surface area (Å²) in [6.07, 6.45) is 6.95. The van der Waals surface area contributed by atoms with Crippen LogP contribution in [0.5, 0.6) is 0 Å². The Balaban J connectivity index is 2.23. The Morgan fingerprint density at radius 2 is 2.47 bits per heavy atom. The molecule has 88 valence electrons. The summed E-state index contributed by atoms with van der Waals surface area (Å²) in [7, 11) is 0. The summed E-state index contributed by atoms with van der Waals surface area (Å²) in [5.41, 5.74) is 0.818. The number of aliphatic hydroxyl groups excluding tert-OH is 1. The van der Waals surface area contributed by atoms with Crippen molar-refractivity contribution in [1.82, 2.24) is 9.55 Å². The fourth-order valence-corrected chi connectivity index (χ4v) is 2.84. The Morgan fingerprint density at radius 1 is 1.59 bits per heavy atom. The van der Waals surface area contributed by atoms with E-state index in [1.165, 1.54) is 16.6 Å². The Kier molecular flexibility index (Phi) is 4.26. The molecule has 0 aromatic carbocycles. The Labute approximate surface area is 109 Å². The SMILES string of the molecule is C#CCSc1ncc(CO)n1Cc1cccs1. The number of rotatable bonds is 5. The van der Waals surface area contributed by atoms with E-state index >= 15 is 0 Å². The van der Waals surface area contributed by atoms with Gasteiger partial charge in [0.2, 0.25) is 0 Å². The first-order valence-electron chi connectivity index (χ1n) is 5.09. The first-order chi connectivity index (χ1) is 8.35. The van der Waals surface area contributed by atoms with Crippen molar-refractivity contribution in [2.75, 3.05) is 5.75 Å². The molecule has 0 aliphatic carbocycles. The average molecular weight is 264 g/mol. The van der Waals surface area contributed by atoms with Crippen LogP contribution in [0.3, 0.4) is 0 Å². The van der Waals surface area contributed by atoms with Crippen LogP contribution >= 0.6 is 23.1 Å². The first-order valence-corrected chi connectivity index (χ1v) is 6.95. The number of thiophene rings is 1. The van der Waals surface area contributed by atoms with E-state index in [4.69, 9.17) is 6.42 Å². The van der Waals surface area contributed by atoms with Gasteiger partial charge in [-0.1, -0.05) is 23.7 Å². The zero-order valence-electron chi connectivity index (χ0n) is 9.17. The molecule has 0 radical (unpaired) electrons. The maximum Gasteiger partial charge on any atom is 0.169 e. The second kappa shape index (κ2) is 5.92. The van der Waals surface area contributed by atoms with Crippen molar-refractivity contribution >= 4 is 23.1 Å². The Morgan fingerprint density at radius 3 is 3.12 bits per heavy atom. The quantitative estimate of drug-likeness (QED) is 0.664. The maximum atomic E-state index is 9.28. The fourth-order valence-electron chi connectivity index (χ4n) is 1.47. The molecule has 2 rings (SSSR count). The molecule has 3 nitrogen and oxygen atoms in total. The largest absolute Gasteiger partial charge is 0.390 e. The molecule has 1 N–H and O–H groups in total. The van der Waals surface area contributed by atoms with Gasteiger partial charge in [-0.05, 0) is 11.4 Å². The van der Waals surface area contributed by atoms with Crippen LogP contribution in [0.15, 0.2) is 28.9 Å². The van der Waals surface area contributed by atoms with Gasteiger partial charge in [-0.2, -0.15) is 0 Å². The number of hydrogen-bond donors (Lipinski definition) is 1. The van der Waals surface area contributed by atoms with Gasteiger partial charge in [0.25, 0.3) is 0 Å². The number of nitrogens with zero attached hydrogens (tertiary/aromatic N) is 2. The van der Waals surface area contributed by atoms with E-state index in [0.717, 1.165) is 17.4 Å². The van der Waals surface area contributed by atoms with Gasteiger partial charge in [0.05, 0.1) is 30.8 Å². The third kappa shape index (κ3) is 2.91. The molecule has 0 bridgehead atoms. The van der Waals surface area contributed by atoms with Crippen LogP contribution < -0.4 is 0 Å². The second-order valence-corrected chi connectivity index (χ2v) is 5.32. The number of terminal acetylenes is 1. The number of hydrogen-bond acceptors (Lipinski definition) is 4. The number of aromatic nitrogens is 2. The van der Waals surface area contributed by atoms with Crippen molar-refractivity contribution in [2.45, 2.75) is 18.3 Å². The predicted octanol–water partition coefficient (Wildman–Crippen LogP) is 2.21. The highest BCUT2D eigenvalue weighted by molar-refractivity contribution is 7.99. The molecule has 0 spiro atoms. The lowest BCUT2D eigenvalue weighted by Crippen LogP contribution is -2.05. The van der Waals surface area contributed by atoms with E-state index in [2.05, 4.69) is 17.0 Å². The molecule has 0 saturated carbocycles. The van der Waals surface area contributed by atoms with Crippen molar-refractivity contribution in [3.05, 3.63) is 34.3 Å². The molecule has 0 unspecified atom stereocenters. The number of imidazole rings is 1. The van der Waals surface area contributed by atoms with Gasteiger partial charge in [0.1, 0.15) is 0 Å². The minimum Gasteiger partial charge on any atom is -0.390 e. The summed E-state index contributed by atoms with van der Waals surface area (Å²) in [6, 6.07) is 4.09. The van der Waals surface area contributed by atoms with E-state index in [1.54, 1.807) is 17.5 Å². The molecular weight excluding hydrogens is 252 g/mol. The smallest absolute Gasteiger partial charge is 0.169 e. The van der Waals surface area contributed by atoms with E-state index < -0.39 is 0 Å². The first kappa shape index (κ1) is 12.2. The Bertz CT molecular complexity index is 511. The summed E-state index contributed by atoms with van der Waals surface area (Å²) in [5.74, 6) is 3.17. The van der Waals surface area contributed by atoms with Gasteiger partial charge in [-0.25, -0.2) is 4.98 Å². The van der Waals surface area contributed by atoms with E-state index in [9.17, 15) is 5.11 Å². The van der Waals surface area contributed by atoms with Crippen LogP contribution in [-0.4, -0.2) is 20.4 Å². The summed E-state index contributed by atoms with van der Waals surface area (Å²) in [6.45, 7) is 0.732. The highest BCUT2D eigenvalue weighted by Gasteiger charge is 2.10. The van der Waals surface area contributed by atoms with Gasteiger partial charge in [0.15, 0.2) is 5.16 Å². The van der Waals surface area contributed by atoms with Crippen LogP contribution in [0.25, 0.3) is 0 Å². The second-order valence-electron chi connectivity index (χ2n) is 3.35. The number of thioether (sulfide) groups is 1. The summed E-state index contributed by atoms with van der Waals surface area (Å²) >= 11 is 3.21. The summed E-state index contributed by atoms with van der Waals surface area (Å²) < 4.78 is 2.01. The van der Waals surface area contributed by atoms with Gasteiger partial charge in [-0.3, -0.25) is 0 Å². The standard InChI is InChI=1S/C12H12N2OS2/c1-2-5-17-12-13-7-10(9-15)14(12)8-11-4-3-6-16-11/h1,3-4,6-7,15H,5,8-9H2. The van der Waals surface area contributed by atoms with Gasteiger partial charge in [0, 0.05) is 4.88 Å². The van der Waals surface area contributed by atoms with Crippen LogP contribution in [0.1, 0.15) is 10.6 Å². The molecule has 0 aliphatic heterocycles. The molecule has 2 aromatic rings. The Hall–Kier alpha value is -1.22. The molecule has 0 fully saturated rings. The molecule has 17 heavy (non-hydrogen) atoms. The molecule has 0 aliphatic rings. The molecule has 5 heteroatoms. The minimum absolute atomic E-state index is 0.00497. The van der Waals surface area contributed by atoms with E-state index in [1.807, 2.05) is 16.0 Å². The average Bonchev–Trinajstić information content (AvgIpc) is 2.97. The lowest BCUT2D eigenvalue weighted by molar-refractivity contribution is 0.270. The number of aliphatic hydroxyl groups is 1. The van der Waals surface area contributed by atoms with Crippen molar-refractivity contribution in [2.24, 2.45) is 0 Å². The van der Waals surface area contributed by atoms with Gasteiger partial charge < -0.3 is 9.67 Å². The van der Waals surface area contributed by atoms with E-state index in [-0.39, 0.29) is 6.61 Å². The maximum absolute atomic E-state index is 9.28. The minimum atomic E-state index is -0.00497. The van der Waals surface area contributed by atoms with Gasteiger partial charge in [-0.15, -0.1) is 17.8 Å². The summed E-state index contributed by atoms with van der Waals surface area (Å²) in [4.78, 5) is 5.52. The monoisotopic (exact) mass is 264 g/mol. The highest BCUT2D eigenvalue weighted by Crippen LogP contribution is 2.21. The zero-order chi connectivity index (χ0) is 12.1. The third-order valence-electron chi connectivity index (χ3n) is 2.24. The molecule has 0 amide bonds. The van der Waals surface area contributed by atoms with Crippen LogP contribution in [0.2, 0.25) is 0 Å². The van der Waals surface area contributed by atoms with Crippen molar-refractivity contribution in [3.63, 3.8) is 0 Å². The normalized spacial score (nSPS) is 10.4. The molecule has 2 aromatic heterocycles. The van der Waals surface area contributed by atoms with Crippen LogP contribution in [0.4, 0.5) is 0 Å². The molecular formula is C12H12N2OS2. The lowest BCUT2D eigenvalue weighted by Gasteiger charge is -2.08. The van der Waals surface area contributed by atoms with E-state index in [0.29, 0.717) is 5.75 Å². The van der Waals surface area contributed by atoms with Crippen molar-refractivity contribution < 1.29 is 5.11 Å². The third-order valence-corrected chi connectivity index (χ3v) is 4.00. The highest BCUT2D eigenvalue weighted by atomic mass is 32.2. The molecule has 0 atom stereocenters.